The van der Waals surface area contributed by atoms with Gasteiger partial charge < -0.3 is 9.72 Å². The van der Waals surface area contributed by atoms with Gasteiger partial charge in [0.1, 0.15) is 5.57 Å². The fraction of sp³-hybridized carbons (Fsp3) is 0.273. The van der Waals surface area contributed by atoms with Crippen molar-refractivity contribution in [3.63, 3.8) is 0 Å². The van der Waals surface area contributed by atoms with E-state index in [-0.39, 0.29) is 10.7 Å². The molecule has 0 atom stereocenters. The Morgan fingerprint density at radius 3 is 2.53 bits per heavy atom. The third-order valence-electron chi connectivity index (χ3n) is 5.75. The third-order valence-corrected chi connectivity index (χ3v) is 6.07. The SMILES string of the molecule is O=C1NC(=S)N(CCN2CCOCC2)C(=O)/C1=C/c1ccc(-c2ccc(-c3nnn[nH]3)cc2)[nH]1. The molecule has 0 radical (unpaired) electrons. The van der Waals surface area contributed by atoms with Crippen LogP contribution in [0.4, 0.5) is 0 Å². The summed E-state index contributed by atoms with van der Waals surface area (Å²) in [4.78, 5) is 32.5. The van der Waals surface area contributed by atoms with E-state index in [2.05, 4.69) is 35.8 Å². The molecule has 12 heteroatoms. The monoisotopic (exact) mass is 478 g/mol. The van der Waals surface area contributed by atoms with Gasteiger partial charge in [-0.1, -0.05) is 24.3 Å². The van der Waals surface area contributed by atoms with Crippen LogP contribution in [0.1, 0.15) is 5.69 Å². The Morgan fingerprint density at radius 2 is 1.79 bits per heavy atom. The van der Waals surface area contributed by atoms with Gasteiger partial charge in [0.05, 0.1) is 13.2 Å². The number of H-pyrrole nitrogens is 2. The molecule has 3 aromatic rings. The van der Waals surface area contributed by atoms with Crippen LogP contribution >= 0.6 is 12.2 Å². The number of rotatable bonds is 6. The van der Waals surface area contributed by atoms with Gasteiger partial charge in [-0.25, -0.2) is 5.10 Å². The molecule has 0 saturated carbocycles. The quantitative estimate of drug-likeness (QED) is 0.270. The lowest BCUT2D eigenvalue weighted by molar-refractivity contribution is -0.129. The average Bonchev–Trinajstić information content (AvgIpc) is 3.55. The molecule has 1 aromatic carbocycles. The van der Waals surface area contributed by atoms with E-state index in [1.54, 1.807) is 6.08 Å². The molecule has 2 aliphatic heterocycles. The van der Waals surface area contributed by atoms with Crippen molar-refractivity contribution in [2.75, 3.05) is 39.4 Å². The Labute approximate surface area is 200 Å². The normalized spacial score (nSPS) is 18.5. The fourth-order valence-electron chi connectivity index (χ4n) is 3.87. The summed E-state index contributed by atoms with van der Waals surface area (Å²) in [5.41, 5.74) is 3.32. The van der Waals surface area contributed by atoms with E-state index >= 15 is 0 Å². The van der Waals surface area contributed by atoms with E-state index in [0.29, 0.717) is 37.8 Å². The number of ether oxygens (including phenoxy) is 1. The summed E-state index contributed by atoms with van der Waals surface area (Å²) in [6.45, 7) is 4.03. The zero-order valence-corrected chi connectivity index (χ0v) is 19.0. The van der Waals surface area contributed by atoms with E-state index in [0.717, 1.165) is 29.9 Å². The Hall–Kier alpha value is -3.74. The van der Waals surface area contributed by atoms with Crippen LogP contribution in [0.2, 0.25) is 0 Å². The first-order chi connectivity index (χ1) is 16.6. The number of tetrazole rings is 1. The first-order valence-corrected chi connectivity index (χ1v) is 11.2. The number of morpholine rings is 1. The number of hydrogen-bond acceptors (Lipinski definition) is 8. The Bertz CT molecular complexity index is 1230. The van der Waals surface area contributed by atoms with Crippen molar-refractivity contribution in [1.82, 2.24) is 40.7 Å². The molecule has 2 fully saturated rings. The van der Waals surface area contributed by atoms with Gasteiger partial charge in [-0.3, -0.25) is 24.7 Å². The number of carbonyl (C=O) groups excluding carboxylic acids is 2. The van der Waals surface area contributed by atoms with Gasteiger partial charge in [0.25, 0.3) is 11.8 Å². The van der Waals surface area contributed by atoms with Crippen LogP contribution in [0.5, 0.6) is 0 Å². The number of aromatic nitrogens is 5. The fourth-order valence-corrected chi connectivity index (χ4v) is 4.14. The second-order valence-corrected chi connectivity index (χ2v) is 8.27. The van der Waals surface area contributed by atoms with E-state index < -0.39 is 11.8 Å². The second kappa shape index (κ2) is 9.63. The summed E-state index contributed by atoms with van der Waals surface area (Å²) in [6, 6.07) is 11.4. The molecule has 0 bridgehead atoms. The number of aromatic amines is 2. The van der Waals surface area contributed by atoms with Crippen molar-refractivity contribution in [3.05, 3.63) is 47.7 Å². The van der Waals surface area contributed by atoms with Crippen LogP contribution in [-0.4, -0.2) is 91.7 Å². The molecule has 2 amide bonds. The van der Waals surface area contributed by atoms with Crippen molar-refractivity contribution in [3.8, 4) is 22.6 Å². The molecule has 5 rings (SSSR count). The number of carbonyl (C=O) groups is 2. The van der Waals surface area contributed by atoms with Gasteiger partial charge in [-0.2, -0.15) is 0 Å². The summed E-state index contributed by atoms with van der Waals surface area (Å²) in [5.74, 6) is -0.316. The smallest absolute Gasteiger partial charge is 0.265 e. The van der Waals surface area contributed by atoms with Gasteiger partial charge in [0.15, 0.2) is 10.9 Å². The minimum absolute atomic E-state index is 0.0390. The summed E-state index contributed by atoms with van der Waals surface area (Å²) < 4.78 is 5.36. The summed E-state index contributed by atoms with van der Waals surface area (Å²) >= 11 is 5.25. The molecule has 0 spiro atoms. The molecule has 2 saturated heterocycles. The van der Waals surface area contributed by atoms with E-state index in [1.807, 2.05) is 36.4 Å². The van der Waals surface area contributed by atoms with E-state index in [1.165, 1.54) is 4.90 Å². The van der Waals surface area contributed by atoms with Crippen molar-refractivity contribution < 1.29 is 14.3 Å². The van der Waals surface area contributed by atoms with E-state index in [9.17, 15) is 9.59 Å². The van der Waals surface area contributed by atoms with Crippen molar-refractivity contribution in [1.29, 1.82) is 0 Å². The lowest BCUT2D eigenvalue weighted by Crippen LogP contribution is -2.56. The molecular formula is C22H22N8O3S. The number of hydrogen-bond donors (Lipinski definition) is 3. The first kappa shape index (κ1) is 22.1. The highest BCUT2D eigenvalue weighted by Crippen LogP contribution is 2.23. The molecule has 0 aliphatic carbocycles. The summed E-state index contributed by atoms with van der Waals surface area (Å²) in [7, 11) is 0. The number of nitrogens with zero attached hydrogens (tertiary/aromatic N) is 5. The molecule has 34 heavy (non-hydrogen) atoms. The average molecular weight is 479 g/mol. The van der Waals surface area contributed by atoms with Crippen LogP contribution in [-0.2, 0) is 14.3 Å². The highest BCUT2D eigenvalue weighted by atomic mass is 32.1. The Morgan fingerprint density at radius 1 is 1.03 bits per heavy atom. The minimum atomic E-state index is -0.501. The molecule has 2 aliphatic rings. The van der Waals surface area contributed by atoms with E-state index in [4.69, 9.17) is 17.0 Å². The highest BCUT2D eigenvalue weighted by Gasteiger charge is 2.33. The number of amides is 2. The highest BCUT2D eigenvalue weighted by molar-refractivity contribution is 7.80. The van der Waals surface area contributed by atoms with Crippen LogP contribution in [0.15, 0.2) is 42.0 Å². The Kier molecular flexibility index (Phi) is 6.25. The number of nitrogens with one attached hydrogen (secondary N) is 3. The maximum atomic E-state index is 13.1. The van der Waals surface area contributed by atoms with Crippen LogP contribution in [0, 0.1) is 0 Å². The van der Waals surface area contributed by atoms with Gasteiger partial charge >= 0.3 is 0 Å². The maximum Gasteiger partial charge on any atom is 0.265 e. The van der Waals surface area contributed by atoms with Crippen LogP contribution in [0.25, 0.3) is 28.7 Å². The zero-order chi connectivity index (χ0) is 23.5. The summed E-state index contributed by atoms with van der Waals surface area (Å²) in [5, 5.41) is 16.6. The molecular weight excluding hydrogens is 456 g/mol. The number of thiocarbonyl (C=S) groups is 1. The number of benzene rings is 1. The first-order valence-electron chi connectivity index (χ1n) is 10.8. The lowest BCUT2D eigenvalue weighted by atomic mass is 10.1. The molecule has 0 unspecified atom stereocenters. The maximum absolute atomic E-state index is 13.1. The predicted molar refractivity (Wildman–Crippen MR) is 127 cm³/mol. The van der Waals surface area contributed by atoms with Crippen molar-refractivity contribution >= 4 is 35.2 Å². The zero-order valence-electron chi connectivity index (χ0n) is 18.2. The largest absolute Gasteiger partial charge is 0.379 e. The van der Waals surface area contributed by atoms with Gasteiger partial charge in [0.2, 0.25) is 0 Å². The molecule has 174 valence electrons. The minimum Gasteiger partial charge on any atom is -0.379 e. The lowest BCUT2D eigenvalue weighted by Gasteiger charge is -2.32. The topological polar surface area (TPSA) is 132 Å². The second-order valence-electron chi connectivity index (χ2n) is 7.88. The van der Waals surface area contributed by atoms with Gasteiger partial charge in [-0.05, 0) is 46.4 Å². The van der Waals surface area contributed by atoms with Crippen molar-refractivity contribution in [2.45, 2.75) is 0 Å². The summed E-state index contributed by atoms with van der Waals surface area (Å²) in [6.07, 6.45) is 1.55. The van der Waals surface area contributed by atoms with Crippen LogP contribution in [0.3, 0.4) is 0 Å². The Balaban J connectivity index is 1.30. The molecule has 2 aromatic heterocycles. The molecule has 4 heterocycles. The predicted octanol–water partition coefficient (Wildman–Crippen LogP) is 0.821. The molecule has 11 nitrogen and oxygen atoms in total. The van der Waals surface area contributed by atoms with Crippen LogP contribution < -0.4 is 5.32 Å². The van der Waals surface area contributed by atoms with Gasteiger partial charge in [0, 0.05) is 43.1 Å². The van der Waals surface area contributed by atoms with Crippen molar-refractivity contribution in [2.24, 2.45) is 0 Å². The standard InChI is InChI=1S/C22H22N8O3S/c31-20-17(21(32)30(22(34)24-20)8-7-29-9-11-33-12-10-29)13-16-5-6-18(23-16)14-1-3-15(4-2-14)19-25-27-28-26-19/h1-6,13,23H,7-12H2,(H,24,31,34)(H,25,26,27,28)/b17-13+. The third kappa shape index (κ3) is 4.64. The molecule has 3 N–H and O–H groups in total. The van der Waals surface area contributed by atoms with Gasteiger partial charge in [-0.15, -0.1) is 5.10 Å².